The molecule has 1 aromatic heterocycles. The van der Waals surface area contributed by atoms with Crippen LogP contribution in [-0.4, -0.2) is 15.0 Å². The Hall–Kier alpha value is -1.30. The molecule has 17 heavy (non-hydrogen) atoms. The molecule has 0 radical (unpaired) electrons. The van der Waals surface area contributed by atoms with Crippen molar-refractivity contribution in [2.75, 3.05) is 0 Å². The molecule has 0 saturated carbocycles. The van der Waals surface area contributed by atoms with E-state index in [9.17, 15) is 0 Å². The van der Waals surface area contributed by atoms with Gasteiger partial charge in [-0.1, -0.05) is 32.9 Å². The molecule has 0 amide bonds. The largest absolute Gasteiger partial charge is 0.252 e. The fourth-order valence-corrected chi connectivity index (χ4v) is 1.55. The minimum atomic E-state index is 0.474. The molecule has 0 N–H and O–H groups in total. The molecular formula is C14H23N3. The maximum absolute atomic E-state index is 4.17. The Labute approximate surface area is 105 Å². The lowest BCUT2D eigenvalue weighted by Crippen LogP contribution is -2.04. The average Bonchev–Trinajstić information content (AvgIpc) is 2.63. The van der Waals surface area contributed by atoms with Crippen LogP contribution in [0.3, 0.4) is 0 Å². The summed E-state index contributed by atoms with van der Waals surface area (Å²) in [6.07, 6.45) is 5.05. The summed E-state index contributed by atoms with van der Waals surface area (Å²) < 4.78 is 1.93. The van der Waals surface area contributed by atoms with Crippen molar-refractivity contribution in [3.8, 4) is 11.8 Å². The van der Waals surface area contributed by atoms with Crippen LogP contribution in [0.1, 0.15) is 46.2 Å². The van der Waals surface area contributed by atoms with Gasteiger partial charge in [0.1, 0.15) is 0 Å². The van der Waals surface area contributed by atoms with E-state index in [2.05, 4.69) is 56.0 Å². The first-order valence-electron chi connectivity index (χ1n) is 6.45. The molecule has 0 aliphatic rings. The first kappa shape index (κ1) is 13.8. The van der Waals surface area contributed by atoms with Crippen molar-refractivity contribution < 1.29 is 0 Å². The van der Waals surface area contributed by atoms with Crippen LogP contribution in [0.2, 0.25) is 0 Å². The number of rotatable bonds is 5. The third-order valence-corrected chi connectivity index (χ3v) is 2.26. The predicted octanol–water partition coefficient (Wildman–Crippen LogP) is 2.92. The quantitative estimate of drug-likeness (QED) is 0.578. The summed E-state index contributed by atoms with van der Waals surface area (Å²) in [6.45, 7) is 9.54. The molecule has 0 aliphatic carbocycles. The maximum Gasteiger partial charge on any atom is 0.0827 e. The van der Waals surface area contributed by atoms with Crippen LogP contribution in [0.25, 0.3) is 0 Å². The third kappa shape index (κ3) is 6.11. The highest BCUT2D eigenvalue weighted by molar-refractivity contribution is 5.02. The summed E-state index contributed by atoms with van der Waals surface area (Å²) >= 11 is 0. The third-order valence-electron chi connectivity index (χ3n) is 2.26. The Balaban J connectivity index is 2.28. The Kier molecular flexibility index (Phi) is 5.76. The molecule has 1 aromatic rings. The lowest BCUT2D eigenvalue weighted by molar-refractivity contribution is 0.472. The van der Waals surface area contributed by atoms with Gasteiger partial charge in [0.25, 0.3) is 0 Å². The van der Waals surface area contributed by atoms with Crippen LogP contribution in [0, 0.1) is 23.7 Å². The zero-order valence-electron chi connectivity index (χ0n) is 11.4. The van der Waals surface area contributed by atoms with E-state index < -0.39 is 0 Å². The molecule has 0 spiro atoms. The van der Waals surface area contributed by atoms with Crippen molar-refractivity contribution in [2.45, 2.75) is 53.5 Å². The van der Waals surface area contributed by atoms with Gasteiger partial charge < -0.3 is 0 Å². The van der Waals surface area contributed by atoms with Crippen LogP contribution in [0.5, 0.6) is 0 Å². The van der Waals surface area contributed by atoms with E-state index in [1.807, 2.05) is 4.68 Å². The summed E-state index contributed by atoms with van der Waals surface area (Å²) in [5.41, 5.74) is 1.08. The van der Waals surface area contributed by atoms with Gasteiger partial charge in [-0.15, -0.1) is 16.9 Å². The number of aryl methyl sites for hydroxylation is 1. The number of unbranched alkanes of at least 4 members (excludes halogenated alkanes) is 1. The van der Waals surface area contributed by atoms with Gasteiger partial charge in [-0.05, 0) is 18.8 Å². The summed E-state index contributed by atoms with van der Waals surface area (Å²) in [4.78, 5) is 0. The van der Waals surface area contributed by atoms with Gasteiger partial charge in [-0.3, -0.25) is 4.68 Å². The molecule has 0 aromatic carbocycles. The number of hydrogen-bond donors (Lipinski definition) is 0. The second kappa shape index (κ2) is 7.11. The highest BCUT2D eigenvalue weighted by Crippen LogP contribution is 2.03. The Morgan fingerprint density at radius 3 is 2.71 bits per heavy atom. The van der Waals surface area contributed by atoms with Crippen LogP contribution in [0.4, 0.5) is 0 Å². The summed E-state index contributed by atoms with van der Waals surface area (Å²) in [5, 5.41) is 8.28. The van der Waals surface area contributed by atoms with Crippen LogP contribution >= 0.6 is 0 Å². The van der Waals surface area contributed by atoms with Crippen molar-refractivity contribution >= 4 is 0 Å². The molecule has 0 aliphatic heterocycles. The van der Waals surface area contributed by atoms with Gasteiger partial charge in [0, 0.05) is 25.1 Å². The summed E-state index contributed by atoms with van der Waals surface area (Å²) in [7, 11) is 0. The van der Waals surface area contributed by atoms with Gasteiger partial charge >= 0.3 is 0 Å². The molecule has 1 heterocycles. The molecule has 3 heteroatoms. The van der Waals surface area contributed by atoms with Gasteiger partial charge in [-0.25, -0.2) is 0 Å². The predicted molar refractivity (Wildman–Crippen MR) is 70.4 cm³/mol. The van der Waals surface area contributed by atoms with Gasteiger partial charge in [0.15, 0.2) is 0 Å². The van der Waals surface area contributed by atoms with Crippen molar-refractivity contribution in [3.63, 3.8) is 0 Å². The normalized spacial score (nSPS) is 10.7. The smallest absolute Gasteiger partial charge is 0.0827 e. The monoisotopic (exact) mass is 233 g/mol. The van der Waals surface area contributed by atoms with E-state index >= 15 is 0 Å². The highest BCUT2D eigenvalue weighted by atomic mass is 15.4. The zero-order chi connectivity index (χ0) is 12.7. The molecule has 0 bridgehead atoms. The Morgan fingerprint density at radius 1 is 1.29 bits per heavy atom. The molecule has 0 fully saturated rings. The lowest BCUT2D eigenvalue weighted by Gasteiger charge is -2.01. The molecule has 3 nitrogen and oxygen atoms in total. The van der Waals surface area contributed by atoms with E-state index in [0.717, 1.165) is 31.5 Å². The van der Waals surface area contributed by atoms with Crippen molar-refractivity contribution in [3.05, 3.63) is 11.9 Å². The maximum atomic E-state index is 4.17. The number of nitrogens with zero attached hydrogens (tertiary/aromatic N) is 3. The van der Waals surface area contributed by atoms with Crippen LogP contribution in [-0.2, 0) is 13.0 Å². The summed E-state index contributed by atoms with van der Waals surface area (Å²) in [6, 6.07) is 0. The number of hydrogen-bond acceptors (Lipinski definition) is 2. The van der Waals surface area contributed by atoms with Crippen molar-refractivity contribution in [1.82, 2.24) is 15.0 Å². The second-order valence-electron chi connectivity index (χ2n) is 5.16. The first-order chi connectivity index (χ1) is 8.08. The summed E-state index contributed by atoms with van der Waals surface area (Å²) in [5.74, 6) is 7.45. The van der Waals surface area contributed by atoms with Gasteiger partial charge in [0.2, 0.25) is 0 Å². The lowest BCUT2D eigenvalue weighted by atomic mass is 10.2. The van der Waals surface area contributed by atoms with E-state index in [1.165, 1.54) is 0 Å². The topological polar surface area (TPSA) is 30.7 Å². The molecule has 0 atom stereocenters. The fourth-order valence-electron chi connectivity index (χ4n) is 1.55. The van der Waals surface area contributed by atoms with Gasteiger partial charge in [0.05, 0.1) is 5.69 Å². The van der Waals surface area contributed by atoms with E-state index in [4.69, 9.17) is 0 Å². The zero-order valence-corrected chi connectivity index (χ0v) is 11.4. The van der Waals surface area contributed by atoms with Crippen molar-refractivity contribution in [2.24, 2.45) is 11.8 Å². The average molecular weight is 233 g/mol. The van der Waals surface area contributed by atoms with Crippen molar-refractivity contribution in [1.29, 1.82) is 0 Å². The second-order valence-corrected chi connectivity index (χ2v) is 5.16. The van der Waals surface area contributed by atoms with E-state index in [-0.39, 0.29) is 0 Å². The fraction of sp³-hybridized carbons (Fsp3) is 0.714. The Morgan fingerprint density at radius 2 is 2.06 bits per heavy atom. The minimum absolute atomic E-state index is 0.474. The van der Waals surface area contributed by atoms with E-state index in [1.54, 1.807) is 0 Å². The van der Waals surface area contributed by atoms with Crippen LogP contribution in [0.15, 0.2) is 6.20 Å². The SMILES string of the molecule is CC(C)C#CCCCc1cn(CC(C)C)nn1. The number of aromatic nitrogens is 3. The standard InChI is InChI=1S/C14H23N3/c1-12(2)8-6-5-7-9-14-11-17(16-15-14)10-13(3)4/h11-13H,5,7,9-10H2,1-4H3. The highest BCUT2D eigenvalue weighted by Gasteiger charge is 2.01. The molecule has 94 valence electrons. The molecule has 0 saturated heterocycles. The Bertz CT molecular complexity index is 380. The van der Waals surface area contributed by atoms with Crippen LogP contribution < -0.4 is 0 Å². The molecular weight excluding hydrogens is 210 g/mol. The molecule has 1 rings (SSSR count). The van der Waals surface area contributed by atoms with Gasteiger partial charge in [-0.2, -0.15) is 0 Å². The first-order valence-corrected chi connectivity index (χ1v) is 6.45. The van der Waals surface area contributed by atoms with E-state index in [0.29, 0.717) is 11.8 Å². The minimum Gasteiger partial charge on any atom is -0.252 e. The molecule has 0 unspecified atom stereocenters.